The summed E-state index contributed by atoms with van der Waals surface area (Å²) >= 11 is 0. The molecule has 1 amide bonds. The monoisotopic (exact) mass is 275 g/mol. The Hall–Kier alpha value is -1.62. The zero-order valence-corrected chi connectivity index (χ0v) is 11.8. The van der Waals surface area contributed by atoms with Crippen LogP contribution in [0.15, 0.2) is 16.9 Å². The van der Waals surface area contributed by atoms with Gasteiger partial charge >= 0.3 is 0 Å². The third kappa shape index (κ3) is 2.38. The summed E-state index contributed by atoms with van der Waals surface area (Å²) in [6.07, 6.45) is 3.15. The van der Waals surface area contributed by atoms with Gasteiger partial charge in [-0.3, -0.25) is 9.59 Å². The van der Waals surface area contributed by atoms with Crippen LogP contribution in [0.1, 0.15) is 35.3 Å². The van der Waals surface area contributed by atoms with Crippen molar-refractivity contribution in [2.24, 2.45) is 17.6 Å². The summed E-state index contributed by atoms with van der Waals surface area (Å²) in [4.78, 5) is 28.9. The van der Waals surface area contributed by atoms with Crippen LogP contribution in [0.5, 0.6) is 0 Å². The molecule has 20 heavy (non-hydrogen) atoms. The molecule has 1 saturated heterocycles. The van der Waals surface area contributed by atoms with Crippen LogP contribution in [0.25, 0.3) is 0 Å². The molecule has 108 valence electrons. The molecule has 2 aliphatic rings. The first-order valence-corrected chi connectivity index (χ1v) is 7.29. The molecule has 1 unspecified atom stereocenters. The molecule has 0 spiro atoms. The van der Waals surface area contributed by atoms with E-state index in [9.17, 15) is 9.59 Å². The molecular weight excluding hydrogens is 254 g/mol. The molecule has 1 aliphatic carbocycles. The molecule has 3 N–H and O–H groups in total. The molecule has 1 aliphatic heterocycles. The van der Waals surface area contributed by atoms with Crippen LogP contribution in [-0.4, -0.2) is 34.9 Å². The maximum absolute atomic E-state index is 12.5. The van der Waals surface area contributed by atoms with E-state index in [0.717, 1.165) is 38.0 Å². The number of aromatic amines is 1. The van der Waals surface area contributed by atoms with E-state index in [1.54, 1.807) is 12.1 Å². The first kappa shape index (κ1) is 13.4. The largest absolute Gasteiger partial charge is 0.338 e. The molecule has 1 saturated carbocycles. The molecular formula is C15H21N3O2. The second-order valence-electron chi connectivity index (χ2n) is 6.19. The summed E-state index contributed by atoms with van der Waals surface area (Å²) in [6.45, 7) is 3.31. The molecule has 2 fully saturated rings. The number of aryl methyl sites for hydroxylation is 1. The highest BCUT2D eigenvalue weighted by Gasteiger charge is 2.39. The molecule has 2 heterocycles. The van der Waals surface area contributed by atoms with E-state index in [-0.39, 0.29) is 23.1 Å². The number of carbonyl (C=O) groups excluding carboxylic acids is 1. The van der Waals surface area contributed by atoms with Gasteiger partial charge in [0.15, 0.2) is 0 Å². The van der Waals surface area contributed by atoms with Gasteiger partial charge in [-0.25, -0.2) is 0 Å². The van der Waals surface area contributed by atoms with Crippen molar-refractivity contribution in [2.45, 2.75) is 32.2 Å². The van der Waals surface area contributed by atoms with Gasteiger partial charge in [-0.2, -0.15) is 0 Å². The molecule has 3 rings (SSSR count). The fourth-order valence-electron chi connectivity index (χ4n) is 3.54. The lowest BCUT2D eigenvalue weighted by Gasteiger charge is -2.27. The van der Waals surface area contributed by atoms with E-state index >= 15 is 0 Å². The van der Waals surface area contributed by atoms with Crippen LogP contribution in [0.2, 0.25) is 0 Å². The van der Waals surface area contributed by atoms with Crippen molar-refractivity contribution >= 4 is 5.91 Å². The third-order valence-corrected chi connectivity index (χ3v) is 4.66. The molecule has 1 aromatic rings. The number of H-pyrrole nitrogens is 1. The fourth-order valence-corrected chi connectivity index (χ4v) is 3.54. The van der Waals surface area contributed by atoms with Crippen molar-refractivity contribution < 1.29 is 4.79 Å². The summed E-state index contributed by atoms with van der Waals surface area (Å²) in [5.74, 6) is 0.921. The number of carbonyl (C=O) groups is 1. The minimum atomic E-state index is -0.290. The average Bonchev–Trinajstić information content (AvgIpc) is 2.81. The molecule has 0 radical (unpaired) electrons. The standard InChI is InChI=1S/C15H21N3O2/c1-9-2-5-13(14(19)17-9)15(20)18-7-10-3-4-12(16)6-11(10)8-18/h2,5,10-12H,3-4,6-8,16H2,1H3,(H,17,19)/t10-,11+,12?/m1/s1. The average molecular weight is 275 g/mol. The minimum absolute atomic E-state index is 0.144. The minimum Gasteiger partial charge on any atom is -0.338 e. The molecule has 0 bridgehead atoms. The predicted molar refractivity (Wildman–Crippen MR) is 76.5 cm³/mol. The number of likely N-dealkylation sites (tertiary alicyclic amines) is 1. The zero-order valence-electron chi connectivity index (χ0n) is 11.8. The van der Waals surface area contributed by atoms with Crippen LogP contribution in [0.3, 0.4) is 0 Å². The van der Waals surface area contributed by atoms with E-state index in [2.05, 4.69) is 4.98 Å². The number of nitrogens with two attached hydrogens (primary N) is 1. The van der Waals surface area contributed by atoms with Crippen LogP contribution >= 0.6 is 0 Å². The number of aromatic nitrogens is 1. The van der Waals surface area contributed by atoms with Crippen molar-refractivity contribution in [1.82, 2.24) is 9.88 Å². The number of fused-ring (bicyclic) bond motifs is 1. The van der Waals surface area contributed by atoms with E-state index < -0.39 is 0 Å². The van der Waals surface area contributed by atoms with Gasteiger partial charge in [-0.1, -0.05) is 0 Å². The van der Waals surface area contributed by atoms with Crippen molar-refractivity contribution in [3.63, 3.8) is 0 Å². The Balaban J connectivity index is 1.77. The smallest absolute Gasteiger partial charge is 0.260 e. The molecule has 1 aromatic heterocycles. The van der Waals surface area contributed by atoms with Crippen LogP contribution in [0, 0.1) is 18.8 Å². The van der Waals surface area contributed by atoms with Gasteiger partial charge in [-0.15, -0.1) is 0 Å². The Bertz CT molecular complexity index is 581. The lowest BCUT2D eigenvalue weighted by molar-refractivity contribution is 0.0782. The fraction of sp³-hybridized carbons (Fsp3) is 0.600. The highest BCUT2D eigenvalue weighted by molar-refractivity contribution is 5.94. The number of amides is 1. The number of nitrogens with one attached hydrogen (secondary N) is 1. The molecule has 0 aromatic carbocycles. The van der Waals surface area contributed by atoms with Gasteiger partial charge in [0.2, 0.25) is 0 Å². The normalized spacial score (nSPS) is 29.3. The van der Waals surface area contributed by atoms with E-state index in [0.29, 0.717) is 11.8 Å². The maximum atomic E-state index is 12.5. The van der Waals surface area contributed by atoms with Crippen molar-refractivity contribution in [3.8, 4) is 0 Å². The van der Waals surface area contributed by atoms with Crippen LogP contribution in [-0.2, 0) is 0 Å². The number of rotatable bonds is 1. The van der Waals surface area contributed by atoms with Gasteiger partial charge in [0.05, 0.1) is 0 Å². The Kier molecular flexibility index (Phi) is 3.38. The van der Waals surface area contributed by atoms with Crippen LogP contribution < -0.4 is 11.3 Å². The highest BCUT2D eigenvalue weighted by atomic mass is 16.2. The van der Waals surface area contributed by atoms with Crippen molar-refractivity contribution in [2.75, 3.05) is 13.1 Å². The zero-order chi connectivity index (χ0) is 14.3. The second-order valence-corrected chi connectivity index (χ2v) is 6.19. The third-order valence-electron chi connectivity index (χ3n) is 4.66. The number of nitrogens with zero attached hydrogens (tertiary/aromatic N) is 1. The Morgan fingerprint density at radius 1 is 1.30 bits per heavy atom. The Labute approximate surface area is 118 Å². The topological polar surface area (TPSA) is 79.2 Å². The number of pyridine rings is 1. The predicted octanol–water partition coefficient (Wildman–Crippen LogP) is 0.883. The summed E-state index contributed by atoms with van der Waals surface area (Å²) < 4.78 is 0. The summed E-state index contributed by atoms with van der Waals surface area (Å²) in [6, 6.07) is 3.67. The summed E-state index contributed by atoms with van der Waals surface area (Å²) in [5.41, 5.74) is 6.74. The summed E-state index contributed by atoms with van der Waals surface area (Å²) in [5, 5.41) is 0. The van der Waals surface area contributed by atoms with Gasteiger partial charge in [0, 0.05) is 24.8 Å². The lowest BCUT2D eigenvalue weighted by Crippen LogP contribution is -2.33. The molecule has 3 atom stereocenters. The number of hydrogen-bond acceptors (Lipinski definition) is 3. The van der Waals surface area contributed by atoms with Gasteiger partial charge < -0.3 is 15.6 Å². The molecule has 5 nitrogen and oxygen atoms in total. The van der Waals surface area contributed by atoms with Gasteiger partial charge in [0.25, 0.3) is 11.5 Å². The van der Waals surface area contributed by atoms with E-state index in [4.69, 9.17) is 5.73 Å². The maximum Gasteiger partial charge on any atom is 0.260 e. The Morgan fingerprint density at radius 3 is 2.80 bits per heavy atom. The quantitative estimate of drug-likeness (QED) is 0.798. The molecule has 5 heteroatoms. The van der Waals surface area contributed by atoms with Gasteiger partial charge in [-0.05, 0) is 50.2 Å². The first-order chi connectivity index (χ1) is 9.54. The second kappa shape index (κ2) is 5.05. The van der Waals surface area contributed by atoms with E-state index in [1.165, 1.54) is 0 Å². The van der Waals surface area contributed by atoms with Gasteiger partial charge in [0.1, 0.15) is 5.56 Å². The first-order valence-electron chi connectivity index (χ1n) is 7.29. The SMILES string of the molecule is Cc1ccc(C(=O)N2C[C@H]3CCC(N)C[C@H]3C2)c(=O)[nH]1. The lowest BCUT2D eigenvalue weighted by atomic mass is 9.79. The highest BCUT2D eigenvalue weighted by Crippen LogP contribution is 2.35. The van der Waals surface area contributed by atoms with Crippen molar-refractivity contribution in [1.29, 1.82) is 0 Å². The van der Waals surface area contributed by atoms with Crippen LogP contribution in [0.4, 0.5) is 0 Å². The van der Waals surface area contributed by atoms with E-state index in [1.807, 2.05) is 11.8 Å². The summed E-state index contributed by atoms with van der Waals surface area (Å²) in [7, 11) is 0. The number of hydrogen-bond donors (Lipinski definition) is 2. The Morgan fingerprint density at radius 2 is 2.05 bits per heavy atom. The van der Waals surface area contributed by atoms with Crippen molar-refractivity contribution in [3.05, 3.63) is 33.7 Å².